The number of thiol groups is 1. The molecule has 0 aromatic heterocycles. The molecule has 0 N–H and O–H groups in total. The molecule has 3 heteroatoms. The van der Waals surface area contributed by atoms with Gasteiger partial charge >= 0.3 is 0 Å². The Morgan fingerprint density at radius 2 is 0.750 bits per heavy atom. The van der Waals surface area contributed by atoms with E-state index >= 15 is 0 Å². The van der Waals surface area contributed by atoms with Gasteiger partial charge in [-0.1, -0.05) is 116 Å². The fraction of sp³-hybridized carbons (Fsp3) is 1.00. The first-order valence-electron chi connectivity index (χ1n) is 10.9. The van der Waals surface area contributed by atoms with Crippen LogP contribution < -0.4 is 0 Å². The van der Waals surface area contributed by atoms with Crippen LogP contribution in [-0.2, 0) is 0 Å². The Kier molecular flexibility index (Phi) is 19.3. The Bertz CT molecular complexity index is 240. The first-order valence-corrected chi connectivity index (χ1v) is 15.7. The standard InChI is InChI=1S/C21H45ClSSi/c1-24(2,22)21-19-17-15-13-11-9-7-5-3-4-6-8-10-12-14-16-18-20-23/h23H,3-21H2,1-2H3. The molecule has 0 amide bonds. The monoisotopic (exact) mass is 392 g/mol. The zero-order chi connectivity index (χ0) is 17.9. The predicted octanol–water partition coefficient (Wildman–Crippen LogP) is 8.99. The minimum absolute atomic E-state index is 1.06. The molecule has 146 valence electrons. The Hall–Kier alpha value is 0.857. The highest BCUT2D eigenvalue weighted by atomic mass is 35.6. The zero-order valence-electron chi connectivity index (χ0n) is 16.8. The summed E-state index contributed by atoms with van der Waals surface area (Å²) in [6.07, 6.45) is 24.3. The van der Waals surface area contributed by atoms with Gasteiger partial charge in [-0.2, -0.15) is 23.7 Å². The Morgan fingerprint density at radius 1 is 0.500 bits per heavy atom. The fourth-order valence-electron chi connectivity index (χ4n) is 3.31. The van der Waals surface area contributed by atoms with Crippen LogP contribution in [0.5, 0.6) is 0 Å². The second kappa shape index (κ2) is 18.6. The van der Waals surface area contributed by atoms with Gasteiger partial charge in [0.2, 0.25) is 0 Å². The van der Waals surface area contributed by atoms with Gasteiger partial charge in [0.05, 0.1) is 0 Å². The minimum Gasteiger partial charge on any atom is -0.179 e. The molecule has 0 aliphatic carbocycles. The lowest BCUT2D eigenvalue weighted by atomic mass is 10.0. The summed E-state index contributed by atoms with van der Waals surface area (Å²) in [5, 5.41) is 0. The molecule has 0 fully saturated rings. The van der Waals surface area contributed by atoms with Crippen molar-refractivity contribution in [2.75, 3.05) is 5.75 Å². The highest BCUT2D eigenvalue weighted by molar-refractivity contribution is 7.80. The van der Waals surface area contributed by atoms with Crippen molar-refractivity contribution in [3.63, 3.8) is 0 Å². The molecule has 0 nitrogen and oxygen atoms in total. The van der Waals surface area contributed by atoms with Crippen molar-refractivity contribution in [3.8, 4) is 0 Å². The summed E-state index contributed by atoms with van der Waals surface area (Å²) in [6, 6.07) is 1.30. The van der Waals surface area contributed by atoms with E-state index in [9.17, 15) is 0 Å². The third-order valence-electron chi connectivity index (χ3n) is 4.93. The summed E-state index contributed by atoms with van der Waals surface area (Å²) in [5.41, 5.74) is 0. The molecule has 24 heavy (non-hydrogen) atoms. The molecule has 0 bridgehead atoms. The van der Waals surface area contributed by atoms with E-state index in [1.54, 1.807) is 0 Å². The summed E-state index contributed by atoms with van der Waals surface area (Å²) < 4.78 is 0. The van der Waals surface area contributed by atoms with Gasteiger partial charge in [0.1, 0.15) is 7.38 Å². The lowest BCUT2D eigenvalue weighted by molar-refractivity contribution is 0.529. The van der Waals surface area contributed by atoms with Crippen molar-refractivity contribution < 1.29 is 0 Å². The number of hydrogen-bond acceptors (Lipinski definition) is 1. The molecule has 0 aliphatic rings. The smallest absolute Gasteiger partial charge is 0.150 e. The predicted molar refractivity (Wildman–Crippen MR) is 120 cm³/mol. The van der Waals surface area contributed by atoms with Gasteiger partial charge in [-0.25, -0.2) is 0 Å². The average Bonchev–Trinajstić information content (AvgIpc) is 2.52. The van der Waals surface area contributed by atoms with E-state index in [2.05, 4.69) is 25.7 Å². The zero-order valence-corrected chi connectivity index (χ0v) is 19.4. The molecule has 0 spiro atoms. The number of halogens is 1. The molecule has 0 aromatic carbocycles. The van der Waals surface area contributed by atoms with Gasteiger partial charge in [-0.15, -0.1) is 0 Å². The summed E-state index contributed by atoms with van der Waals surface area (Å²) in [7, 11) is -1.30. The summed E-state index contributed by atoms with van der Waals surface area (Å²) >= 11 is 10.6. The molecule has 0 atom stereocenters. The first kappa shape index (κ1) is 24.9. The van der Waals surface area contributed by atoms with Crippen molar-refractivity contribution in [2.24, 2.45) is 0 Å². The second-order valence-corrected chi connectivity index (χ2v) is 15.7. The minimum atomic E-state index is -1.30. The highest BCUT2D eigenvalue weighted by Crippen LogP contribution is 2.19. The Balaban J connectivity index is 3.00. The van der Waals surface area contributed by atoms with Crippen LogP contribution in [0.25, 0.3) is 0 Å². The van der Waals surface area contributed by atoms with Crippen LogP contribution in [0.4, 0.5) is 0 Å². The molecule has 0 saturated heterocycles. The molecule has 0 saturated carbocycles. The van der Waals surface area contributed by atoms with Gasteiger partial charge in [0, 0.05) is 0 Å². The van der Waals surface area contributed by atoms with Crippen LogP contribution >= 0.6 is 23.7 Å². The third-order valence-corrected chi connectivity index (χ3v) is 7.36. The van der Waals surface area contributed by atoms with Crippen molar-refractivity contribution in [2.45, 2.75) is 128 Å². The molecule has 0 heterocycles. The lowest BCUT2D eigenvalue weighted by Crippen LogP contribution is -2.14. The van der Waals surface area contributed by atoms with E-state index in [1.165, 1.54) is 115 Å². The number of unbranched alkanes of at least 4 members (excludes halogenated alkanes) is 16. The van der Waals surface area contributed by atoms with E-state index in [1.807, 2.05) is 0 Å². The Morgan fingerprint density at radius 3 is 1.00 bits per heavy atom. The lowest BCUT2D eigenvalue weighted by Gasteiger charge is -2.11. The normalized spacial score (nSPS) is 12.0. The van der Waals surface area contributed by atoms with Crippen LogP contribution in [0, 0.1) is 0 Å². The van der Waals surface area contributed by atoms with Crippen LogP contribution in [0.3, 0.4) is 0 Å². The fourth-order valence-corrected chi connectivity index (χ4v) is 5.02. The van der Waals surface area contributed by atoms with Crippen molar-refractivity contribution >= 4 is 31.1 Å². The third kappa shape index (κ3) is 22.9. The highest BCUT2D eigenvalue weighted by Gasteiger charge is 2.15. The molecular weight excluding hydrogens is 348 g/mol. The van der Waals surface area contributed by atoms with E-state index in [4.69, 9.17) is 11.1 Å². The molecule has 0 rings (SSSR count). The molecule has 0 unspecified atom stereocenters. The summed E-state index contributed by atoms with van der Waals surface area (Å²) in [6.45, 7) is 4.53. The average molecular weight is 393 g/mol. The van der Waals surface area contributed by atoms with Crippen LogP contribution in [0.2, 0.25) is 19.1 Å². The summed E-state index contributed by atoms with van der Waals surface area (Å²) in [5.74, 6) is 1.06. The SMILES string of the molecule is C[Si](C)(Cl)CCCCCCCCCCCCCCCCCCCS. The maximum absolute atomic E-state index is 6.35. The van der Waals surface area contributed by atoms with E-state index in [0.717, 1.165) is 5.75 Å². The topological polar surface area (TPSA) is 0 Å². The number of hydrogen-bond donors (Lipinski definition) is 1. The van der Waals surface area contributed by atoms with Gasteiger partial charge in [-0.05, 0) is 18.2 Å². The van der Waals surface area contributed by atoms with Gasteiger partial charge in [0.15, 0.2) is 0 Å². The quantitative estimate of drug-likeness (QED) is 0.0963. The van der Waals surface area contributed by atoms with E-state index < -0.39 is 7.38 Å². The number of rotatable bonds is 19. The molecule has 0 aliphatic heterocycles. The van der Waals surface area contributed by atoms with Gasteiger partial charge < -0.3 is 0 Å². The van der Waals surface area contributed by atoms with E-state index in [-0.39, 0.29) is 0 Å². The summed E-state index contributed by atoms with van der Waals surface area (Å²) in [4.78, 5) is 0. The van der Waals surface area contributed by atoms with Crippen molar-refractivity contribution in [3.05, 3.63) is 0 Å². The Labute approximate surface area is 165 Å². The molecule has 0 aromatic rings. The van der Waals surface area contributed by atoms with Crippen LogP contribution in [-0.4, -0.2) is 13.1 Å². The second-order valence-electron chi connectivity index (χ2n) is 8.20. The van der Waals surface area contributed by atoms with E-state index in [0.29, 0.717) is 0 Å². The van der Waals surface area contributed by atoms with Gasteiger partial charge in [0.25, 0.3) is 0 Å². The maximum Gasteiger partial charge on any atom is 0.150 e. The maximum atomic E-state index is 6.35. The van der Waals surface area contributed by atoms with Crippen LogP contribution in [0.15, 0.2) is 0 Å². The van der Waals surface area contributed by atoms with Crippen molar-refractivity contribution in [1.82, 2.24) is 0 Å². The molecular formula is C21H45ClSSi. The largest absolute Gasteiger partial charge is 0.179 e. The van der Waals surface area contributed by atoms with Crippen molar-refractivity contribution in [1.29, 1.82) is 0 Å². The van der Waals surface area contributed by atoms with Gasteiger partial charge in [-0.3, -0.25) is 0 Å². The molecule has 0 radical (unpaired) electrons. The first-order chi connectivity index (χ1) is 11.6. The van der Waals surface area contributed by atoms with Crippen LogP contribution in [0.1, 0.15) is 109 Å².